The van der Waals surface area contributed by atoms with E-state index in [-0.39, 0.29) is 0 Å². The summed E-state index contributed by atoms with van der Waals surface area (Å²) in [6, 6.07) is 14.0. The highest BCUT2D eigenvalue weighted by atomic mass is 14.8. The van der Waals surface area contributed by atoms with Gasteiger partial charge in [0.15, 0.2) is 0 Å². The van der Waals surface area contributed by atoms with Gasteiger partial charge in [-0.3, -0.25) is 4.98 Å². The molecule has 2 N–H and O–H groups in total. The molecule has 0 spiro atoms. The van der Waals surface area contributed by atoms with Gasteiger partial charge >= 0.3 is 0 Å². The van der Waals surface area contributed by atoms with Crippen LogP contribution in [0.15, 0.2) is 48.7 Å². The molecule has 3 rings (SSSR count). The molecule has 0 fully saturated rings. The topological polar surface area (TPSA) is 51.8 Å². The minimum atomic E-state index is 0.678. The fraction of sp³-hybridized carbons (Fsp3) is 0.0667. The summed E-state index contributed by atoms with van der Waals surface area (Å²) >= 11 is 0. The van der Waals surface area contributed by atoms with Gasteiger partial charge in [-0.15, -0.1) is 0 Å². The van der Waals surface area contributed by atoms with Gasteiger partial charge in [0.05, 0.1) is 28.8 Å². The molecule has 0 radical (unpaired) electrons. The normalized spacial score (nSPS) is 10.7. The summed E-state index contributed by atoms with van der Waals surface area (Å²) in [6.45, 7) is 2.00. The lowest BCUT2D eigenvalue weighted by atomic mass is 10.1. The van der Waals surface area contributed by atoms with Crippen molar-refractivity contribution in [1.82, 2.24) is 9.97 Å². The number of para-hydroxylation sites is 1. The third-order valence-electron chi connectivity index (χ3n) is 2.94. The second kappa shape index (κ2) is 4.11. The molecule has 0 saturated heterocycles. The van der Waals surface area contributed by atoms with Crippen LogP contribution in [0.2, 0.25) is 0 Å². The third-order valence-corrected chi connectivity index (χ3v) is 2.94. The lowest BCUT2D eigenvalue weighted by Crippen LogP contribution is -1.94. The number of rotatable bonds is 1. The summed E-state index contributed by atoms with van der Waals surface area (Å²) in [6.07, 6.45) is 1.67. The smallest absolute Gasteiger partial charge is 0.0917 e. The zero-order valence-electron chi connectivity index (χ0n) is 10.1. The van der Waals surface area contributed by atoms with Crippen molar-refractivity contribution < 1.29 is 0 Å². The highest BCUT2D eigenvalue weighted by molar-refractivity contribution is 5.81. The van der Waals surface area contributed by atoms with Crippen LogP contribution in [0.25, 0.3) is 22.3 Å². The summed E-state index contributed by atoms with van der Waals surface area (Å²) in [5.74, 6) is 0. The highest BCUT2D eigenvalue weighted by Gasteiger charge is 2.06. The Balaban J connectivity index is 2.19. The Kier molecular flexibility index (Phi) is 2.45. The van der Waals surface area contributed by atoms with Gasteiger partial charge in [0.1, 0.15) is 0 Å². The number of nitrogens with zero attached hydrogens (tertiary/aromatic N) is 2. The number of hydrogen-bond donors (Lipinski definition) is 1. The number of nitrogens with two attached hydrogens (primary N) is 1. The van der Waals surface area contributed by atoms with Gasteiger partial charge in [-0.25, -0.2) is 4.98 Å². The van der Waals surface area contributed by atoms with E-state index >= 15 is 0 Å². The number of aryl methyl sites for hydroxylation is 1. The first kappa shape index (κ1) is 10.7. The maximum atomic E-state index is 5.71. The lowest BCUT2D eigenvalue weighted by molar-refractivity contribution is 1.24. The molecule has 0 aliphatic heterocycles. The molecular weight excluding hydrogens is 222 g/mol. The SMILES string of the molecule is Cc1cc(N)cnc1-c1ccc2ccccc2n1. The van der Waals surface area contributed by atoms with E-state index in [2.05, 4.69) is 22.1 Å². The summed E-state index contributed by atoms with van der Waals surface area (Å²) in [5.41, 5.74) is 10.2. The standard InChI is InChI=1S/C15H13N3/c1-10-8-12(16)9-17-15(10)14-7-6-11-4-2-3-5-13(11)18-14/h2-9H,16H2,1H3. The summed E-state index contributed by atoms with van der Waals surface area (Å²) in [5, 5.41) is 1.13. The molecule has 2 aromatic heterocycles. The van der Waals surface area contributed by atoms with Crippen molar-refractivity contribution in [1.29, 1.82) is 0 Å². The zero-order chi connectivity index (χ0) is 12.5. The summed E-state index contributed by atoms with van der Waals surface area (Å²) in [4.78, 5) is 9.00. The minimum absolute atomic E-state index is 0.678. The number of fused-ring (bicyclic) bond motifs is 1. The lowest BCUT2D eigenvalue weighted by Gasteiger charge is -2.06. The van der Waals surface area contributed by atoms with Gasteiger partial charge in [-0.05, 0) is 30.7 Å². The molecule has 18 heavy (non-hydrogen) atoms. The second-order valence-corrected chi connectivity index (χ2v) is 4.32. The molecule has 2 heterocycles. The van der Waals surface area contributed by atoms with Gasteiger partial charge < -0.3 is 5.73 Å². The maximum absolute atomic E-state index is 5.71. The van der Waals surface area contributed by atoms with E-state index in [0.29, 0.717) is 5.69 Å². The van der Waals surface area contributed by atoms with Crippen molar-refractivity contribution in [2.75, 3.05) is 5.73 Å². The Morgan fingerprint density at radius 3 is 2.72 bits per heavy atom. The van der Waals surface area contributed by atoms with E-state index in [1.54, 1.807) is 6.20 Å². The van der Waals surface area contributed by atoms with Gasteiger partial charge in [0.2, 0.25) is 0 Å². The summed E-state index contributed by atoms with van der Waals surface area (Å²) < 4.78 is 0. The van der Waals surface area contributed by atoms with E-state index in [1.807, 2.05) is 37.3 Å². The number of anilines is 1. The van der Waals surface area contributed by atoms with E-state index in [4.69, 9.17) is 5.73 Å². The molecule has 1 aromatic carbocycles. The molecule has 0 aliphatic carbocycles. The van der Waals surface area contributed by atoms with Gasteiger partial charge in [0, 0.05) is 5.39 Å². The molecule has 0 atom stereocenters. The van der Waals surface area contributed by atoms with E-state index in [0.717, 1.165) is 27.9 Å². The van der Waals surface area contributed by atoms with Crippen molar-refractivity contribution in [2.45, 2.75) is 6.92 Å². The van der Waals surface area contributed by atoms with E-state index in [1.165, 1.54) is 0 Å². The Hall–Kier alpha value is -2.42. The molecule has 3 nitrogen and oxygen atoms in total. The van der Waals surface area contributed by atoms with Gasteiger partial charge in [-0.1, -0.05) is 24.3 Å². The Morgan fingerprint density at radius 1 is 1.06 bits per heavy atom. The van der Waals surface area contributed by atoms with Crippen LogP contribution in [-0.4, -0.2) is 9.97 Å². The van der Waals surface area contributed by atoms with Crippen molar-refractivity contribution in [3.05, 3.63) is 54.2 Å². The van der Waals surface area contributed by atoms with Gasteiger partial charge in [-0.2, -0.15) is 0 Å². The molecule has 0 aliphatic rings. The molecule has 3 heteroatoms. The van der Waals surface area contributed by atoms with Crippen LogP contribution < -0.4 is 5.73 Å². The summed E-state index contributed by atoms with van der Waals surface area (Å²) in [7, 11) is 0. The van der Waals surface area contributed by atoms with Crippen LogP contribution in [-0.2, 0) is 0 Å². The first-order valence-electron chi connectivity index (χ1n) is 5.82. The predicted octanol–water partition coefficient (Wildman–Crippen LogP) is 3.19. The molecule has 0 amide bonds. The van der Waals surface area contributed by atoms with Crippen LogP contribution in [0, 0.1) is 6.92 Å². The predicted molar refractivity (Wildman–Crippen MR) is 74.1 cm³/mol. The number of hydrogen-bond acceptors (Lipinski definition) is 3. The Bertz CT molecular complexity index is 720. The molecule has 0 unspecified atom stereocenters. The average Bonchev–Trinajstić information content (AvgIpc) is 2.38. The molecule has 0 bridgehead atoms. The third kappa shape index (κ3) is 1.80. The van der Waals surface area contributed by atoms with Crippen molar-refractivity contribution >= 4 is 16.6 Å². The number of aromatic nitrogens is 2. The molecule has 0 saturated carbocycles. The van der Waals surface area contributed by atoms with Gasteiger partial charge in [0.25, 0.3) is 0 Å². The largest absolute Gasteiger partial charge is 0.397 e. The second-order valence-electron chi connectivity index (χ2n) is 4.32. The van der Waals surface area contributed by atoms with Crippen LogP contribution in [0.3, 0.4) is 0 Å². The molecular formula is C15H13N3. The van der Waals surface area contributed by atoms with Crippen molar-refractivity contribution in [3.8, 4) is 11.4 Å². The zero-order valence-corrected chi connectivity index (χ0v) is 10.1. The van der Waals surface area contributed by atoms with Crippen LogP contribution in [0.1, 0.15) is 5.56 Å². The van der Waals surface area contributed by atoms with E-state index < -0.39 is 0 Å². The van der Waals surface area contributed by atoms with E-state index in [9.17, 15) is 0 Å². The average molecular weight is 235 g/mol. The number of pyridine rings is 2. The quantitative estimate of drug-likeness (QED) is 0.704. The minimum Gasteiger partial charge on any atom is -0.397 e. The van der Waals surface area contributed by atoms with Crippen molar-refractivity contribution in [3.63, 3.8) is 0 Å². The molecule has 88 valence electrons. The first-order chi connectivity index (χ1) is 8.74. The maximum Gasteiger partial charge on any atom is 0.0917 e. The van der Waals surface area contributed by atoms with Crippen LogP contribution in [0.4, 0.5) is 5.69 Å². The monoisotopic (exact) mass is 235 g/mol. The fourth-order valence-electron chi connectivity index (χ4n) is 2.06. The Morgan fingerprint density at radius 2 is 1.89 bits per heavy atom. The number of benzene rings is 1. The highest BCUT2D eigenvalue weighted by Crippen LogP contribution is 2.23. The number of nitrogen functional groups attached to an aromatic ring is 1. The van der Waals surface area contributed by atoms with Crippen molar-refractivity contribution in [2.24, 2.45) is 0 Å². The fourth-order valence-corrected chi connectivity index (χ4v) is 2.06. The first-order valence-corrected chi connectivity index (χ1v) is 5.82. The van der Waals surface area contributed by atoms with Crippen LogP contribution in [0.5, 0.6) is 0 Å². The Labute approximate surface area is 105 Å². The van der Waals surface area contributed by atoms with Crippen LogP contribution >= 0.6 is 0 Å². The molecule has 3 aromatic rings.